The van der Waals surface area contributed by atoms with Crippen molar-refractivity contribution in [1.29, 1.82) is 0 Å². The van der Waals surface area contributed by atoms with Crippen LogP contribution < -0.4 is 10.6 Å². The van der Waals surface area contributed by atoms with Crippen molar-refractivity contribution in [3.63, 3.8) is 0 Å². The zero-order chi connectivity index (χ0) is 24.5. The number of aromatic nitrogens is 3. The van der Waals surface area contributed by atoms with Gasteiger partial charge in [0.25, 0.3) is 5.91 Å². The number of carbonyl (C=O) groups excluding carboxylic acids is 3. The van der Waals surface area contributed by atoms with Crippen molar-refractivity contribution in [2.75, 3.05) is 17.7 Å². The average Bonchev–Trinajstić information content (AvgIpc) is 3.27. The number of nitrogens with zero attached hydrogens (tertiary/aromatic N) is 3. The summed E-state index contributed by atoms with van der Waals surface area (Å²) in [5.74, 6) is -0.0698. The number of benzene rings is 2. The number of anilines is 1. The Bertz CT molecular complexity index is 1130. The van der Waals surface area contributed by atoms with Crippen LogP contribution in [0.4, 0.5) is 5.69 Å². The predicted molar refractivity (Wildman–Crippen MR) is 130 cm³/mol. The molecule has 1 aromatic heterocycles. The first-order valence-electron chi connectivity index (χ1n) is 10.9. The van der Waals surface area contributed by atoms with Crippen LogP contribution in [0.1, 0.15) is 53.4 Å². The molecule has 0 spiro atoms. The summed E-state index contributed by atoms with van der Waals surface area (Å²) >= 11 is 1.26. The van der Waals surface area contributed by atoms with E-state index >= 15 is 0 Å². The van der Waals surface area contributed by atoms with E-state index < -0.39 is 5.97 Å². The standard InChI is InChI=1S/C24H27N5O4S/c1-4-29-21(16(3)25-22(31)17-9-7-6-8-10-17)27-28-24(29)34-15-20(30)26-19-13-11-18(12-14-19)23(32)33-5-2/h6-14,16H,4-5,15H2,1-3H3,(H,25,31)(H,26,30). The summed E-state index contributed by atoms with van der Waals surface area (Å²) < 4.78 is 6.83. The average molecular weight is 482 g/mol. The van der Waals surface area contributed by atoms with Crippen LogP contribution in [-0.2, 0) is 16.1 Å². The van der Waals surface area contributed by atoms with Crippen LogP contribution in [0.15, 0.2) is 59.8 Å². The summed E-state index contributed by atoms with van der Waals surface area (Å²) in [6.07, 6.45) is 0. The fourth-order valence-electron chi connectivity index (χ4n) is 3.19. The third-order valence-corrected chi connectivity index (χ3v) is 5.81. The number of amides is 2. The molecule has 0 saturated carbocycles. The Kier molecular flexibility index (Phi) is 8.80. The summed E-state index contributed by atoms with van der Waals surface area (Å²) in [5.41, 5.74) is 1.57. The lowest BCUT2D eigenvalue weighted by molar-refractivity contribution is -0.113. The Hall–Kier alpha value is -3.66. The molecule has 0 aliphatic rings. The van der Waals surface area contributed by atoms with E-state index in [0.29, 0.717) is 40.9 Å². The molecule has 3 aromatic rings. The molecule has 0 saturated heterocycles. The van der Waals surface area contributed by atoms with Gasteiger partial charge in [0.05, 0.1) is 24.0 Å². The minimum absolute atomic E-state index is 0.127. The molecule has 1 unspecified atom stereocenters. The number of esters is 1. The van der Waals surface area contributed by atoms with E-state index in [1.807, 2.05) is 36.6 Å². The van der Waals surface area contributed by atoms with Crippen molar-refractivity contribution < 1.29 is 19.1 Å². The van der Waals surface area contributed by atoms with Crippen LogP contribution in [0.25, 0.3) is 0 Å². The smallest absolute Gasteiger partial charge is 0.338 e. The van der Waals surface area contributed by atoms with Gasteiger partial charge in [0, 0.05) is 17.8 Å². The lowest BCUT2D eigenvalue weighted by atomic mass is 10.2. The normalized spacial score (nSPS) is 11.5. The van der Waals surface area contributed by atoms with E-state index in [0.717, 1.165) is 0 Å². The van der Waals surface area contributed by atoms with Gasteiger partial charge in [-0.25, -0.2) is 4.79 Å². The van der Waals surface area contributed by atoms with Gasteiger partial charge in [-0.2, -0.15) is 0 Å². The zero-order valence-electron chi connectivity index (χ0n) is 19.3. The third-order valence-electron chi connectivity index (χ3n) is 4.84. The lowest BCUT2D eigenvalue weighted by Crippen LogP contribution is -2.28. The van der Waals surface area contributed by atoms with Crippen LogP contribution in [0.3, 0.4) is 0 Å². The maximum Gasteiger partial charge on any atom is 0.338 e. The Morgan fingerprint density at radius 2 is 1.71 bits per heavy atom. The highest BCUT2D eigenvalue weighted by Gasteiger charge is 2.20. The first-order chi connectivity index (χ1) is 16.4. The molecule has 0 fully saturated rings. The third kappa shape index (κ3) is 6.44. The summed E-state index contributed by atoms with van der Waals surface area (Å²) in [6.45, 7) is 6.43. The number of hydrogen-bond acceptors (Lipinski definition) is 7. The first kappa shape index (κ1) is 25.0. The molecular formula is C24H27N5O4S. The van der Waals surface area contributed by atoms with Crippen molar-refractivity contribution in [2.45, 2.75) is 38.5 Å². The molecule has 0 aliphatic carbocycles. The second-order valence-electron chi connectivity index (χ2n) is 7.28. The molecule has 34 heavy (non-hydrogen) atoms. The lowest BCUT2D eigenvalue weighted by Gasteiger charge is -2.15. The Morgan fingerprint density at radius 3 is 2.35 bits per heavy atom. The van der Waals surface area contributed by atoms with Gasteiger partial charge in [-0.1, -0.05) is 30.0 Å². The van der Waals surface area contributed by atoms with Crippen LogP contribution in [0.5, 0.6) is 0 Å². The summed E-state index contributed by atoms with van der Waals surface area (Å²) in [4.78, 5) is 36.6. The van der Waals surface area contributed by atoms with Crippen molar-refractivity contribution >= 4 is 35.2 Å². The number of ether oxygens (including phenoxy) is 1. The van der Waals surface area contributed by atoms with Crippen LogP contribution in [0, 0.1) is 0 Å². The van der Waals surface area contributed by atoms with E-state index in [4.69, 9.17) is 4.74 Å². The Morgan fingerprint density at radius 1 is 1.00 bits per heavy atom. The van der Waals surface area contributed by atoms with Gasteiger partial charge >= 0.3 is 5.97 Å². The Labute approximate surface area is 202 Å². The maximum absolute atomic E-state index is 12.5. The minimum Gasteiger partial charge on any atom is -0.462 e. The topological polar surface area (TPSA) is 115 Å². The van der Waals surface area contributed by atoms with Crippen molar-refractivity contribution in [1.82, 2.24) is 20.1 Å². The number of rotatable bonds is 10. The van der Waals surface area contributed by atoms with Crippen LogP contribution >= 0.6 is 11.8 Å². The Balaban J connectivity index is 1.57. The fourth-order valence-corrected chi connectivity index (χ4v) is 4.00. The molecule has 3 rings (SSSR count). The van der Waals surface area contributed by atoms with Gasteiger partial charge in [0.1, 0.15) is 0 Å². The highest BCUT2D eigenvalue weighted by atomic mass is 32.2. The molecule has 2 amide bonds. The molecule has 2 N–H and O–H groups in total. The molecule has 1 heterocycles. The van der Waals surface area contributed by atoms with Crippen molar-refractivity contribution in [3.05, 3.63) is 71.5 Å². The monoisotopic (exact) mass is 481 g/mol. The molecule has 10 heteroatoms. The SMILES string of the molecule is CCOC(=O)c1ccc(NC(=O)CSc2nnc(C(C)NC(=O)c3ccccc3)n2CC)cc1. The second kappa shape index (κ2) is 12.0. The molecule has 0 aliphatic heterocycles. The van der Waals surface area contributed by atoms with Gasteiger partial charge in [-0.05, 0) is 57.2 Å². The molecule has 2 aromatic carbocycles. The zero-order valence-corrected chi connectivity index (χ0v) is 20.1. The minimum atomic E-state index is -0.403. The van der Waals surface area contributed by atoms with Crippen molar-refractivity contribution in [3.8, 4) is 0 Å². The highest BCUT2D eigenvalue weighted by Crippen LogP contribution is 2.21. The highest BCUT2D eigenvalue weighted by molar-refractivity contribution is 7.99. The van der Waals surface area contributed by atoms with Gasteiger partial charge in [-0.3, -0.25) is 9.59 Å². The van der Waals surface area contributed by atoms with E-state index in [1.165, 1.54) is 11.8 Å². The number of nitrogens with one attached hydrogen (secondary N) is 2. The molecular weight excluding hydrogens is 454 g/mol. The maximum atomic E-state index is 12.5. The van der Waals surface area contributed by atoms with Gasteiger partial charge in [-0.15, -0.1) is 10.2 Å². The summed E-state index contributed by atoms with van der Waals surface area (Å²) in [6, 6.07) is 15.1. The summed E-state index contributed by atoms with van der Waals surface area (Å²) in [5, 5.41) is 14.8. The molecule has 9 nitrogen and oxygen atoms in total. The van der Waals surface area contributed by atoms with E-state index in [2.05, 4.69) is 20.8 Å². The molecule has 0 radical (unpaired) electrons. The quantitative estimate of drug-likeness (QED) is 0.335. The molecule has 178 valence electrons. The molecule has 0 bridgehead atoms. The number of hydrogen-bond donors (Lipinski definition) is 2. The number of thioether (sulfide) groups is 1. The van der Waals surface area contributed by atoms with Gasteiger partial charge in [0.2, 0.25) is 5.91 Å². The van der Waals surface area contributed by atoms with E-state index in [1.54, 1.807) is 43.3 Å². The first-order valence-corrected chi connectivity index (χ1v) is 11.9. The second-order valence-corrected chi connectivity index (χ2v) is 8.22. The summed E-state index contributed by atoms with van der Waals surface area (Å²) in [7, 11) is 0. The number of carbonyl (C=O) groups is 3. The fraction of sp³-hybridized carbons (Fsp3) is 0.292. The van der Waals surface area contributed by atoms with E-state index in [9.17, 15) is 14.4 Å². The van der Waals surface area contributed by atoms with Gasteiger partial charge in [0.15, 0.2) is 11.0 Å². The largest absolute Gasteiger partial charge is 0.462 e. The molecule has 1 atom stereocenters. The van der Waals surface area contributed by atoms with Crippen LogP contribution in [0.2, 0.25) is 0 Å². The van der Waals surface area contributed by atoms with Crippen LogP contribution in [-0.4, -0.2) is 44.9 Å². The van der Waals surface area contributed by atoms with Gasteiger partial charge < -0.3 is 19.9 Å². The van der Waals surface area contributed by atoms with Crippen molar-refractivity contribution in [2.24, 2.45) is 0 Å². The predicted octanol–water partition coefficient (Wildman–Crippen LogP) is 3.70. The van der Waals surface area contributed by atoms with E-state index in [-0.39, 0.29) is 23.6 Å².